The van der Waals surface area contributed by atoms with Crippen LogP contribution in [0, 0.1) is 6.92 Å². The van der Waals surface area contributed by atoms with Crippen LogP contribution in [0.4, 0.5) is 5.69 Å². The monoisotopic (exact) mass is 304 g/mol. The van der Waals surface area contributed by atoms with Gasteiger partial charge < -0.3 is 10.4 Å². The van der Waals surface area contributed by atoms with E-state index in [9.17, 15) is 9.59 Å². The third-order valence-electron chi connectivity index (χ3n) is 2.37. The van der Waals surface area contributed by atoms with E-state index in [-0.39, 0.29) is 19.0 Å². The second kappa shape index (κ2) is 6.75. The van der Waals surface area contributed by atoms with Crippen molar-refractivity contribution in [3.8, 4) is 0 Å². The first kappa shape index (κ1) is 15.8. The Balaban J connectivity index is 2.72. The molecular formula is C12H14Cl2N2O3. The third-order valence-corrected chi connectivity index (χ3v) is 3.17. The van der Waals surface area contributed by atoms with Crippen molar-refractivity contribution in [2.75, 3.05) is 25.5 Å². The molecule has 0 saturated heterocycles. The number of carbonyl (C=O) groups is 2. The van der Waals surface area contributed by atoms with Gasteiger partial charge in [0.2, 0.25) is 5.91 Å². The number of hydrogen-bond donors (Lipinski definition) is 2. The Hall–Kier alpha value is -1.30. The van der Waals surface area contributed by atoms with Crippen LogP contribution in [0.2, 0.25) is 10.0 Å². The molecule has 0 heterocycles. The topological polar surface area (TPSA) is 69.6 Å². The number of aryl methyl sites for hydroxylation is 1. The first-order chi connectivity index (χ1) is 8.81. The van der Waals surface area contributed by atoms with Crippen LogP contribution in [-0.4, -0.2) is 42.0 Å². The summed E-state index contributed by atoms with van der Waals surface area (Å²) in [6.45, 7) is 1.51. The Morgan fingerprint density at radius 1 is 1.32 bits per heavy atom. The van der Waals surface area contributed by atoms with Gasteiger partial charge in [0.1, 0.15) is 0 Å². The average Bonchev–Trinajstić information content (AvgIpc) is 2.28. The van der Waals surface area contributed by atoms with Crippen LogP contribution in [0.1, 0.15) is 5.56 Å². The number of amides is 1. The molecule has 0 aliphatic rings. The van der Waals surface area contributed by atoms with Crippen molar-refractivity contribution >= 4 is 40.8 Å². The zero-order chi connectivity index (χ0) is 14.6. The van der Waals surface area contributed by atoms with E-state index in [0.29, 0.717) is 15.7 Å². The van der Waals surface area contributed by atoms with E-state index >= 15 is 0 Å². The van der Waals surface area contributed by atoms with E-state index in [0.717, 1.165) is 5.56 Å². The lowest BCUT2D eigenvalue weighted by Gasteiger charge is -2.15. The van der Waals surface area contributed by atoms with E-state index < -0.39 is 5.97 Å². The molecule has 0 radical (unpaired) electrons. The Morgan fingerprint density at radius 2 is 1.95 bits per heavy atom. The molecule has 1 amide bonds. The third kappa shape index (κ3) is 4.70. The second-order valence-electron chi connectivity index (χ2n) is 4.17. The molecule has 2 N–H and O–H groups in total. The van der Waals surface area contributed by atoms with E-state index in [1.807, 2.05) is 0 Å². The highest BCUT2D eigenvalue weighted by Gasteiger charge is 2.14. The van der Waals surface area contributed by atoms with Crippen molar-refractivity contribution in [3.05, 3.63) is 27.7 Å². The van der Waals surface area contributed by atoms with Crippen molar-refractivity contribution in [2.45, 2.75) is 6.92 Å². The molecule has 0 fully saturated rings. The fraction of sp³-hybridized carbons (Fsp3) is 0.333. The van der Waals surface area contributed by atoms with Gasteiger partial charge in [-0.15, -0.1) is 0 Å². The number of carbonyl (C=O) groups excluding carboxylic acids is 1. The normalized spacial score (nSPS) is 10.6. The minimum absolute atomic E-state index is 0.0626. The highest BCUT2D eigenvalue weighted by Crippen LogP contribution is 2.32. The standard InChI is InChI=1S/C12H14Cl2N2O3/c1-7-3-4-8(13)12(11(7)14)15-9(17)5-16(2)6-10(18)19/h3-4H,5-6H2,1-2H3,(H,15,17)(H,18,19). The van der Waals surface area contributed by atoms with Crippen molar-refractivity contribution < 1.29 is 14.7 Å². The van der Waals surface area contributed by atoms with Crippen LogP contribution < -0.4 is 5.32 Å². The molecule has 1 rings (SSSR count). The minimum Gasteiger partial charge on any atom is -0.480 e. The number of carboxylic acid groups (broad SMARTS) is 1. The number of anilines is 1. The molecule has 19 heavy (non-hydrogen) atoms. The van der Waals surface area contributed by atoms with Crippen molar-refractivity contribution in [3.63, 3.8) is 0 Å². The average molecular weight is 305 g/mol. The number of nitrogens with zero attached hydrogens (tertiary/aromatic N) is 1. The van der Waals surface area contributed by atoms with Gasteiger partial charge in [-0.05, 0) is 25.6 Å². The van der Waals surface area contributed by atoms with Crippen LogP contribution >= 0.6 is 23.2 Å². The molecule has 1 aromatic carbocycles. The van der Waals surface area contributed by atoms with Crippen molar-refractivity contribution in [1.29, 1.82) is 0 Å². The SMILES string of the molecule is Cc1ccc(Cl)c(NC(=O)CN(C)CC(=O)O)c1Cl. The number of likely N-dealkylation sites (N-methyl/N-ethyl adjacent to an activating group) is 1. The molecule has 0 saturated carbocycles. The van der Waals surface area contributed by atoms with Crippen LogP contribution in [0.5, 0.6) is 0 Å². The lowest BCUT2D eigenvalue weighted by Crippen LogP contribution is -2.34. The Labute approximate surface area is 121 Å². The molecule has 0 bridgehead atoms. The smallest absolute Gasteiger partial charge is 0.317 e. The highest BCUT2D eigenvalue weighted by atomic mass is 35.5. The fourth-order valence-corrected chi connectivity index (χ4v) is 1.95. The molecule has 1 aromatic rings. The molecule has 0 spiro atoms. The summed E-state index contributed by atoms with van der Waals surface area (Å²) in [4.78, 5) is 23.6. The van der Waals surface area contributed by atoms with Gasteiger partial charge in [-0.1, -0.05) is 29.3 Å². The number of halogens is 2. The van der Waals surface area contributed by atoms with E-state index in [2.05, 4.69) is 5.32 Å². The predicted molar refractivity (Wildman–Crippen MR) is 75.0 cm³/mol. The number of hydrogen-bond acceptors (Lipinski definition) is 3. The number of benzene rings is 1. The number of carboxylic acids is 1. The summed E-state index contributed by atoms with van der Waals surface area (Å²) in [5, 5.41) is 11.9. The summed E-state index contributed by atoms with van der Waals surface area (Å²) in [6.07, 6.45) is 0. The van der Waals surface area contributed by atoms with Gasteiger partial charge in [0.15, 0.2) is 0 Å². The van der Waals surface area contributed by atoms with Crippen molar-refractivity contribution in [1.82, 2.24) is 4.90 Å². The first-order valence-electron chi connectivity index (χ1n) is 5.46. The van der Waals surface area contributed by atoms with Crippen LogP contribution in [0.15, 0.2) is 12.1 Å². The van der Waals surface area contributed by atoms with E-state index in [4.69, 9.17) is 28.3 Å². The van der Waals surface area contributed by atoms with Gasteiger partial charge in [0.05, 0.1) is 28.8 Å². The van der Waals surface area contributed by atoms with Gasteiger partial charge >= 0.3 is 5.97 Å². The molecule has 7 heteroatoms. The van der Waals surface area contributed by atoms with Crippen molar-refractivity contribution in [2.24, 2.45) is 0 Å². The molecule has 0 aromatic heterocycles. The maximum Gasteiger partial charge on any atom is 0.317 e. The van der Waals surface area contributed by atoms with Crippen LogP contribution in [0.25, 0.3) is 0 Å². The zero-order valence-corrected chi connectivity index (χ0v) is 12.0. The van der Waals surface area contributed by atoms with E-state index in [1.165, 1.54) is 11.9 Å². The highest BCUT2D eigenvalue weighted by molar-refractivity contribution is 6.40. The quantitative estimate of drug-likeness (QED) is 0.875. The minimum atomic E-state index is -0.998. The summed E-state index contributed by atoms with van der Waals surface area (Å²) < 4.78 is 0. The molecular weight excluding hydrogens is 291 g/mol. The molecule has 0 aliphatic carbocycles. The summed E-state index contributed by atoms with van der Waals surface area (Å²) in [6, 6.07) is 3.39. The Bertz CT molecular complexity index is 506. The van der Waals surface area contributed by atoms with Crippen LogP contribution in [-0.2, 0) is 9.59 Å². The Kier molecular flexibility index (Phi) is 5.60. The number of aliphatic carboxylic acids is 1. The molecule has 0 atom stereocenters. The van der Waals surface area contributed by atoms with Gasteiger partial charge in [-0.2, -0.15) is 0 Å². The van der Waals surface area contributed by atoms with Crippen LogP contribution in [0.3, 0.4) is 0 Å². The van der Waals surface area contributed by atoms with Gasteiger partial charge in [-0.3, -0.25) is 14.5 Å². The second-order valence-corrected chi connectivity index (χ2v) is 4.95. The number of nitrogens with one attached hydrogen (secondary N) is 1. The summed E-state index contributed by atoms with van der Waals surface area (Å²) in [7, 11) is 1.53. The zero-order valence-electron chi connectivity index (χ0n) is 10.5. The predicted octanol–water partition coefficient (Wildman–Crippen LogP) is 2.26. The lowest BCUT2D eigenvalue weighted by molar-refractivity contribution is -0.138. The number of rotatable bonds is 5. The maximum absolute atomic E-state index is 11.8. The fourth-order valence-electron chi connectivity index (χ4n) is 1.48. The summed E-state index contributed by atoms with van der Waals surface area (Å²) >= 11 is 12.0. The Morgan fingerprint density at radius 3 is 2.53 bits per heavy atom. The van der Waals surface area contributed by atoms with Gasteiger partial charge in [0.25, 0.3) is 0 Å². The first-order valence-corrected chi connectivity index (χ1v) is 6.21. The lowest BCUT2D eigenvalue weighted by atomic mass is 10.2. The van der Waals surface area contributed by atoms with Gasteiger partial charge in [-0.25, -0.2) is 0 Å². The summed E-state index contributed by atoms with van der Waals surface area (Å²) in [5.74, 6) is -1.37. The van der Waals surface area contributed by atoms with E-state index in [1.54, 1.807) is 19.1 Å². The summed E-state index contributed by atoms with van der Waals surface area (Å²) in [5.41, 5.74) is 1.14. The molecule has 104 valence electrons. The van der Waals surface area contributed by atoms with Gasteiger partial charge in [0, 0.05) is 0 Å². The molecule has 0 aliphatic heterocycles. The largest absolute Gasteiger partial charge is 0.480 e. The molecule has 0 unspecified atom stereocenters. The molecule has 5 nitrogen and oxygen atoms in total. The maximum atomic E-state index is 11.8.